The molecular formula is C82H114N10O26. The fourth-order valence-corrected chi connectivity index (χ4v) is 11.6. The van der Waals surface area contributed by atoms with Gasteiger partial charge in [0.15, 0.2) is 34.5 Å². The second-order valence-corrected chi connectivity index (χ2v) is 33.4. The van der Waals surface area contributed by atoms with E-state index in [4.69, 9.17) is 61.3 Å². The van der Waals surface area contributed by atoms with Crippen molar-refractivity contribution < 1.29 is 119 Å². The van der Waals surface area contributed by atoms with E-state index in [9.17, 15) is 62.3 Å². The number of rotatable bonds is 34. The van der Waals surface area contributed by atoms with Crippen LogP contribution in [0.1, 0.15) is 182 Å². The molecule has 0 bridgehead atoms. The molecule has 0 saturated heterocycles. The third-order valence-corrected chi connectivity index (χ3v) is 16.3. The SMILES string of the molecule is COc1cc(-c2c3c4cc(OC)c(OC(=O)CNC(=O)[C@H](CCCCNC(=O)OC(C)(C)C)NC(=O)OC(C)(C)C)cc4oc(=O)c3n3ccc4cc(OC(=O)CNC(=O)[C@H](CCCCNC(=O)OC(C)(C)C)NC(=O)OC(C)(C)C)c(OC)cc4c23)ccc1OC(=O)CNC(=O)[C@H](CCCCNC(=O)OC(C)(C)C)NC(=O)OC(C)(C)C. The van der Waals surface area contributed by atoms with Crippen LogP contribution in [0.25, 0.3) is 49.3 Å². The number of alkyl carbamates (subject to hydrolysis) is 6. The van der Waals surface area contributed by atoms with Gasteiger partial charge in [0.25, 0.3) is 0 Å². The number of unbranched alkanes of at least 4 members (excludes halogenated alkanes) is 3. The molecule has 0 aliphatic heterocycles. The molecule has 6 aromatic rings. The highest BCUT2D eigenvalue weighted by Crippen LogP contribution is 2.47. The number of pyridine rings is 1. The number of carbonyl (C=O) groups excluding carboxylic acids is 12. The van der Waals surface area contributed by atoms with Crippen molar-refractivity contribution in [1.82, 2.24) is 52.3 Å². The molecule has 0 unspecified atom stereocenters. The van der Waals surface area contributed by atoms with Gasteiger partial charge in [-0.3, -0.25) is 14.4 Å². The highest BCUT2D eigenvalue weighted by molar-refractivity contribution is 6.22. The highest BCUT2D eigenvalue weighted by atomic mass is 16.6. The first-order valence-corrected chi connectivity index (χ1v) is 38.6. The minimum atomic E-state index is -1.22. The Hall–Kier alpha value is -12.0. The van der Waals surface area contributed by atoms with Crippen LogP contribution in [0.2, 0.25) is 0 Å². The summed E-state index contributed by atoms with van der Waals surface area (Å²) in [4.78, 5) is 174. The van der Waals surface area contributed by atoms with Crippen molar-refractivity contribution in [2.75, 3.05) is 60.6 Å². The van der Waals surface area contributed by atoms with E-state index in [0.29, 0.717) is 60.4 Å². The first-order valence-electron chi connectivity index (χ1n) is 38.6. The van der Waals surface area contributed by atoms with E-state index >= 15 is 0 Å². The van der Waals surface area contributed by atoms with Gasteiger partial charge in [0, 0.05) is 53.6 Å². The first kappa shape index (κ1) is 94.8. The average Bonchev–Trinajstić information content (AvgIpc) is 1.55. The van der Waals surface area contributed by atoms with Crippen molar-refractivity contribution in [2.45, 2.75) is 234 Å². The number of aromatic nitrogens is 1. The van der Waals surface area contributed by atoms with Gasteiger partial charge in [0.1, 0.15) is 82.5 Å². The van der Waals surface area contributed by atoms with Gasteiger partial charge in [-0.25, -0.2) is 47.9 Å². The average molecular weight is 1660 g/mol. The van der Waals surface area contributed by atoms with E-state index in [-0.39, 0.29) is 101 Å². The van der Waals surface area contributed by atoms with E-state index in [1.165, 1.54) is 57.7 Å². The molecule has 0 fully saturated rings. The molecule has 9 N–H and O–H groups in total. The van der Waals surface area contributed by atoms with Gasteiger partial charge in [0.2, 0.25) is 17.7 Å². The molecule has 648 valence electrons. The molecule has 118 heavy (non-hydrogen) atoms. The van der Waals surface area contributed by atoms with Crippen molar-refractivity contribution in [3.63, 3.8) is 0 Å². The van der Waals surface area contributed by atoms with E-state index in [1.54, 1.807) is 147 Å². The fourth-order valence-electron chi connectivity index (χ4n) is 11.6. The maximum Gasteiger partial charge on any atom is 0.408 e. The number of ether oxygens (including phenoxy) is 12. The van der Waals surface area contributed by atoms with Gasteiger partial charge < -0.3 is 114 Å². The molecular weight excluding hydrogens is 1540 g/mol. The van der Waals surface area contributed by atoms with Gasteiger partial charge in [0.05, 0.1) is 26.8 Å². The van der Waals surface area contributed by atoms with Gasteiger partial charge in [-0.1, -0.05) is 6.07 Å². The Balaban J connectivity index is 1.38. The van der Waals surface area contributed by atoms with Crippen molar-refractivity contribution >= 4 is 110 Å². The number of benzene rings is 3. The fraction of sp³-hybridized carbons (Fsp3) is 0.549. The molecule has 3 heterocycles. The zero-order chi connectivity index (χ0) is 88.0. The molecule has 0 spiro atoms. The molecule has 36 heteroatoms. The predicted octanol–water partition coefficient (Wildman–Crippen LogP) is 10.9. The maximum absolute atomic E-state index is 14.9. The Labute approximate surface area is 684 Å². The van der Waals surface area contributed by atoms with Gasteiger partial charge in [-0.15, -0.1) is 0 Å². The van der Waals surface area contributed by atoms with Crippen molar-refractivity contribution in [2.24, 2.45) is 0 Å². The molecule has 0 aliphatic carbocycles. The number of methoxy groups -OCH3 is 3. The molecule has 9 amide bonds. The first-order chi connectivity index (χ1) is 54.9. The Kier molecular flexibility index (Phi) is 33.1. The Morgan fingerprint density at radius 3 is 1.08 bits per heavy atom. The number of hydrogen-bond donors (Lipinski definition) is 9. The zero-order valence-electron chi connectivity index (χ0n) is 71.1. The predicted molar refractivity (Wildman–Crippen MR) is 433 cm³/mol. The number of carbonyl (C=O) groups is 12. The molecule has 0 saturated carbocycles. The second kappa shape index (κ2) is 41.2. The monoisotopic (exact) mass is 1650 g/mol. The molecule has 3 atom stereocenters. The van der Waals surface area contributed by atoms with Gasteiger partial charge in [-0.05, 0) is 230 Å². The largest absolute Gasteiger partial charge is 0.493 e. The lowest BCUT2D eigenvalue weighted by molar-refractivity contribution is -0.136. The Morgan fingerprint density at radius 2 is 0.712 bits per heavy atom. The molecule has 3 aromatic carbocycles. The van der Waals surface area contributed by atoms with Gasteiger partial charge >= 0.3 is 60.1 Å². The van der Waals surface area contributed by atoms with Crippen LogP contribution in [0.15, 0.2) is 63.9 Å². The lowest BCUT2D eigenvalue weighted by atomic mass is 9.98. The number of amides is 9. The van der Waals surface area contributed by atoms with Crippen molar-refractivity contribution in [3.8, 4) is 45.6 Å². The summed E-state index contributed by atoms with van der Waals surface area (Å²) in [6.45, 7) is 28.7. The summed E-state index contributed by atoms with van der Waals surface area (Å²) in [5, 5.41) is 24.3. The summed E-state index contributed by atoms with van der Waals surface area (Å²) in [6, 6.07) is 8.15. The van der Waals surface area contributed by atoms with Crippen LogP contribution >= 0.6 is 0 Å². The standard InChI is InChI=1S/C82H114N10O26/c1-77(2,3)113-71(100)83-34-25-22-28-50(89-74(103)116-80(10,11)12)67(96)86-43-60(93)109-53-32-31-47(39-55(53)106-19)63-64-49-41-57(108-21)59(111-62(95)45-88-69(98)52(91-76(105)118-82(16,17)18)30-24-27-36-85-73(102)115-79(7,8)9)42-54(49)112-70(99)66(64)92-37-33-46-38-58(56(107-20)40-48(46)65(63)92)110-61(94)44-87-68(97)51(90-75(104)117-81(13,14)15)29-23-26-35-84-72(101)114-78(4,5)6/h31-33,37-42,50-52H,22-30,34-36,43-45H2,1-21H3,(H,83,100)(H,84,101)(H,85,102)(H,86,96)(H,87,97)(H,88,98)(H,89,103)(H,90,104)(H,91,105)/t50-,51-,52-/m0/s1. The summed E-state index contributed by atoms with van der Waals surface area (Å²) in [7, 11) is 3.90. The molecule has 0 aliphatic rings. The molecule has 0 radical (unpaired) electrons. The summed E-state index contributed by atoms with van der Waals surface area (Å²) in [6.07, 6.45) is -0.724. The zero-order valence-corrected chi connectivity index (χ0v) is 71.1. The van der Waals surface area contributed by atoms with Crippen LogP contribution < -0.4 is 81.9 Å². The van der Waals surface area contributed by atoms with E-state index < -0.39 is 149 Å². The van der Waals surface area contributed by atoms with Crippen LogP contribution in [-0.2, 0) is 57.2 Å². The van der Waals surface area contributed by atoms with E-state index in [2.05, 4.69) is 47.9 Å². The lowest BCUT2D eigenvalue weighted by Crippen LogP contribution is -2.49. The number of hydrogen-bond acceptors (Lipinski definition) is 26. The van der Waals surface area contributed by atoms with Crippen molar-refractivity contribution in [3.05, 3.63) is 65.1 Å². The van der Waals surface area contributed by atoms with Crippen LogP contribution in [0.3, 0.4) is 0 Å². The van der Waals surface area contributed by atoms with Crippen molar-refractivity contribution in [1.29, 1.82) is 0 Å². The van der Waals surface area contributed by atoms with Crippen LogP contribution in [-0.4, -0.2) is 189 Å². The van der Waals surface area contributed by atoms with Gasteiger partial charge in [-0.2, -0.15) is 0 Å². The normalized spacial score (nSPS) is 12.6. The number of esters is 3. The van der Waals surface area contributed by atoms with Crippen LogP contribution in [0.4, 0.5) is 28.8 Å². The summed E-state index contributed by atoms with van der Waals surface area (Å²) in [5.74, 6) is -5.91. The summed E-state index contributed by atoms with van der Waals surface area (Å²) in [5.41, 5.74) is -5.20. The lowest BCUT2D eigenvalue weighted by Gasteiger charge is -2.23. The molecule has 3 aromatic heterocycles. The highest BCUT2D eigenvalue weighted by Gasteiger charge is 2.32. The van der Waals surface area contributed by atoms with E-state index in [1.807, 2.05) is 0 Å². The van der Waals surface area contributed by atoms with Crippen LogP contribution in [0.5, 0.6) is 34.5 Å². The Morgan fingerprint density at radius 1 is 0.373 bits per heavy atom. The topological polar surface area (TPSA) is 458 Å². The third-order valence-electron chi connectivity index (χ3n) is 16.3. The van der Waals surface area contributed by atoms with E-state index in [0.717, 1.165) is 0 Å². The van der Waals surface area contributed by atoms with Crippen LogP contribution in [0, 0.1) is 0 Å². The third kappa shape index (κ3) is 30.9. The number of nitrogens with one attached hydrogen (secondary N) is 9. The summed E-state index contributed by atoms with van der Waals surface area (Å²) < 4.78 is 74.8. The minimum Gasteiger partial charge on any atom is -0.493 e. The summed E-state index contributed by atoms with van der Waals surface area (Å²) >= 11 is 0. The quantitative estimate of drug-likeness (QED) is 0.00596. The smallest absolute Gasteiger partial charge is 0.408 e. The minimum absolute atomic E-state index is 0.0202. The second-order valence-electron chi connectivity index (χ2n) is 33.4. The number of fused-ring (bicyclic) bond motifs is 7. The molecule has 36 nitrogen and oxygen atoms in total. The maximum atomic E-state index is 14.9. The number of nitrogens with zero attached hydrogens (tertiary/aromatic N) is 1. The Bertz CT molecular complexity index is 4700. The molecule has 6 rings (SSSR count).